The Balaban J connectivity index is 2.60. The van der Waals surface area contributed by atoms with E-state index in [0.29, 0.717) is 24.1 Å². The van der Waals surface area contributed by atoms with Gasteiger partial charge in [0.05, 0.1) is 0 Å². The van der Waals surface area contributed by atoms with Gasteiger partial charge in [0.1, 0.15) is 23.4 Å². The topological polar surface area (TPSA) is 108 Å². The smallest absolute Gasteiger partial charge is 0.408 e. The van der Waals surface area contributed by atoms with E-state index in [4.69, 9.17) is 4.74 Å². The van der Waals surface area contributed by atoms with Gasteiger partial charge in [-0.05, 0) is 64.2 Å². The summed E-state index contributed by atoms with van der Waals surface area (Å²) >= 11 is 0. The molecule has 3 amide bonds. The number of amides is 3. The second-order valence-corrected chi connectivity index (χ2v) is 12.2. The van der Waals surface area contributed by atoms with Gasteiger partial charge in [-0.15, -0.1) is 0 Å². The zero-order valence-corrected chi connectivity index (χ0v) is 26.8. The third kappa shape index (κ3) is 10.1. The fraction of sp³-hybridized carbons (Fsp3) is 0.559. The lowest BCUT2D eigenvalue weighted by Crippen LogP contribution is -2.55. The molecular formula is C34H51N3O5. The average Bonchev–Trinajstić information content (AvgIpc) is 2.92. The van der Waals surface area contributed by atoms with Gasteiger partial charge in [0.25, 0.3) is 5.91 Å². The first kappa shape index (κ1) is 34.7. The SMILES string of the molecule is CCCCCCCN(C(=O)C(NC(=O)OC(C)(C)C)C(C)CC)C(C(=O)Nc1c(C)cccc1C)c1ccccc1O. The van der Waals surface area contributed by atoms with E-state index in [-0.39, 0.29) is 18.2 Å². The number of unbranched alkanes of at least 4 members (excludes halogenated alkanes) is 4. The van der Waals surface area contributed by atoms with Crippen LogP contribution in [0.4, 0.5) is 10.5 Å². The molecule has 3 unspecified atom stereocenters. The summed E-state index contributed by atoms with van der Waals surface area (Å²) in [4.78, 5) is 43.1. The molecule has 3 N–H and O–H groups in total. The van der Waals surface area contributed by atoms with Gasteiger partial charge < -0.3 is 25.4 Å². The first-order valence-corrected chi connectivity index (χ1v) is 15.3. The van der Waals surface area contributed by atoms with Crippen LogP contribution >= 0.6 is 0 Å². The highest BCUT2D eigenvalue weighted by molar-refractivity contribution is 6.00. The van der Waals surface area contributed by atoms with Crippen LogP contribution in [0.15, 0.2) is 42.5 Å². The number of nitrogens with one attached hydrogen (secondary N) is 2. The van der Waals surface area contributed by atoms with E-state index in [0.717, 1.165) is 36.8 Å². The van der Waals surface area contributed by atoms with Gasteiger partial charge in [-0.1, -0.05) is 89.3 Å². The van der Waals surface area contributed by atoms with Crippen molar-refractivity contribution in [1.29, 1.82) is 0 Å². The zero-order valence-electron chi connectivity index (χ0n) is 26.8. The predicted octanol–water partition coefficient (Wildman–Crippen LogP) is 7.43. The highest BCUT2D eigenvalue weighted by Gasteiger charge is 2.39. The Morgan fingerprint density at radius 1 is 0.929 bits per heavy atom. The number of rotatable bonds is 14. The third-order valence-electron chi connectivity index (χ3n) is 7.46. The lowest BCUT2D eigenvalue weighted by atomic mass is 9.95. The molecule has 0 heterocycles. The Morgan fingerprint density at radius 3 is 2.12 bits per heavy atom. The summed E-state index contributed by atoms with van der Waals surface area (Å²) in [5.41, 5.74) is 2.03. The summed E-state index contributed by atoms with van der Waals surface area (Å²) in [5, 5.41) is 16.8. The van der Waals surface area contributed by atoms with Crippen LogP contribution in [0.5, 0.6) is 5.75 Å². The van der Waals surface area contributed by atoms with Crippen molar-refractivity contribution in [2.75, 3.05) is 11.9 Å². The molecule has 0 bridgehead atoms. The van der Waals surface area contributed by atoms with E-state index in [1.807, 2.05) is 45.9 Å². The summed E-state index contributed by atoms with van der Waals surface area (Å²) in [7, 11) is 0. The standard InChI is InChI=1S/C34H51N3O5/c1-9-11-12-13-16-22-37(32(40)29(23(3)10-2)36-33(41)42-34(6,7)8)30(26-20-14-15-21-27(26)38)31(39)35-28-24(4)18-17-19-25(28)5/h14-15,17-21,23,29-30,38H,9-13,16,22H2,1-8H3,(H,35,39)(H,36,41). The molecular weight excluding hydrogens is 530 g/mol. The molecule has 0 aliphatic heterocycles. The van der Waals surface area contributed by atoms with Crippen LogP contribution in [0.2, 0.25) is 0 Å². The van der Waals surface area contributed by atoms with Crippen LogP contribution in [0, 0.1) is 19.8 Å². The molecule has 2 aromatic rings. The van der Waals surface area contributed by atoms with Crippen molar-refractivity contribution < 1.29 is 24.2 Å². The number of aryl methyl sites for hydroxylation is 2. The summed E-state index contributed by atoms with van der Waals surface area (Å²) < 4.78 is 5.50. The minimum absolute atomic E-state index is 0.0804. The number of phenols is 1. The Labute approximate surface area is 252 Å². The molecule has 232 valence electrons. The van der Waals surface area contributed by atoms with Crippen LogP contribution in [-0.4, -0.2) is 46.1 Å². The second-order valence-electron chi connectivity index (χ2n) is 12.2. The number of ether oxygens (including phenoxy) is 1. The highest BCUT2D eigenvalue weighted by atomic mass is 16.6. The molecule has 0 radical (unpaired) electrons. The van der Waals surface area contributed by atoms with Gasteiger partial charge in [0, 0.05) is 17.8 Å². The Hall–Kier alpha value is -3.55. The van der Waals surface area contributed by atoms with E-state index in [9.17, 15) is 19.5 Å². The largest absolute Gasteiger partial charge is 0.508 e. The fourth-order valence-electron chi connectivity index (χ4n) is 4.92. The van der Waals surface area contributed by atoms with Crippen LogP contribution in [0.3, 0.4) is 0 Å². The molecule has 0 saturated heterocycles. The van der Waals surface area contributed by atoms with Crippen LogP contribution in [-0.2, 0) is 14.3 Å². The Bertz CT molecular complexity index is 1170. The third-order valence-corrected chi connectivity index (χ3v) is 7.46. The molecule has 2 aromatic carbocycles. The predicted molar refractivity (Wildman–Crippen MR) is 168 cm³/mol. The Kier molecular flexibility index (Phi) is 13.4. The molecule has 0 aromatic heterocycles. The van der Waals surface area contributed by atoms with Crippen molar-refractivity contribution >= 4 is 23.6 Å². The van der Waals surface area contributed by atoms with Crippen molar-refractivity contribution in [3.05, 3.63) is 59.2 Å². The highest BCUT2D eigenvalue weighted by Crippen LogP contribution is 2.33. The van der Waals surface area contributed by atoms with Crippen LogP contribution in [0.1, 0.15) is 103 Å². The minimum atomic E-state index is -1.13. The molecule has 0 saturated carbocycles. The number of alkyl carbamates (subject to hydrolysis) is 1. The summed E-state index contributed by atoms with van der Waals surface area (Å²) in [5.74, 6) is -1.14. The monoisotopic (exact) mass is 581 g/mol. The number of phenolic OH excluding ortho intramolecular Hbond substituents is 1. The summed E-state index contributed by atoms with van der Waals surface area (Å²) in [6.07, 6.45) is 4.66. The first-order chi connectivity index (χ1) is 19.8. The molecule has 42 heavy (non-hydrogen) atoms. The minimum Gasteiger partial charge on any atom is -0.508 e. The number of carbonyl (C=O) groups excluding carboxylic acids is 3. The molecule has 2 rings (SSSR count). The van der Waals surface area contributed by atoms with Crippen molar-refractivity contribution in [2.24, 2.45) is 5.92 Å². The van der Waals surface area contributed by atoms with Gasteiger partial charge in [0.15, 0.2) is 0 Å². The number of aromatic hydroxyl groups is 1. The van der Waals surface area contributed by atoms with Gasteiger partial charge in [0.2, 0.25) is 5.91 Å². The van der Waals surface area contributed by atoms with Crippen LogP contribution in [0.25, 0.3) is 0 Å². The molecule has 8 nitrogen and oxygen atoms in total. The quantitative estimate of drug-likeness (QED) is 0.201. The normalized spacial score (nSPS) is 13.5. The molecule has 3 atom stereocenters. The number of carbonyl (C=O) groups is 3. The lowest BCUT2D eigenvalue weighted by molar-refractivity contribution is -0.142. The maximum atomic E-state index is 14.5. The van der Waals surface area contributed by atoms with Gasteiger partial charge in [-0.3, -0.25) is 9.59 Å². The summed E-state index contributed by atoms with van der Waals surface area (Å²) in [6, 6.07) is 10.3. The van der Waals surface area contributed by atoms with Crippen molar-refractivity contribution in [3.8, 4) is 5.75 Å². The first-order valence-electron chi connectivity index (χ1n) is 15.3. The number of hydrogen-bond acceptors (Lipinski definition) is 5. The van der Waals surface area contributed by atoms with Crippen molar-refractivity contribution in [3.63, 3.8) is 0 Å². The number of anilines is 1. The van der Waals surface area contributed by atoms with E-state index < -0.39 is 35.6 Å². The molecule has 0 fully saturated rings. The molecule has 0 aliphatic carbocycles. The van der Waals surface area contributed by atoms with Gasteiger partial charge in [-0.2, -0.15) is 0 Å². The van der Waals surface area contributed by atoms with E-state index in [1.54, 1.807) is 39.0 Å². The van der Waals surface area contributed by atoms with E-state index in [1.165, 1.54) is 11.0 Å². The number of benzene rings is 2. The maximum absolute atomic E-state index is 14.5. The average molecular weight is 582 g/mol. The van der Waals surface area contributed by atoms with Crippen LogP contribution < -0.4 is 10.6 Å². The number of para-hydroxylation sites is 2. The number of nitrogens with zero attached hydrogens (tertiary/aromatic N) is 1. The summed E-state index contributed by atoms with van der Waals surface area (Å²) in [6.45, 7) is 15.4. The fourth-order valence-corrected chi connectivity index (χ4v) is 4.92. The van der Waals surface area contributed by atoms with Gasteiger partial charge in [-0.25, -0.2) is 4.79 Å². The molecule has 8 heteroatoms. The lowest BCUT2D eigenvalue weighted by Gasteiger charge is -2.36. The van der Waals surface area contributed by atoms with Crippen molar-refractivity contribution in [2.45, 2.75) is 112 Å². The second kappa shape index (κ2) is 16.2. The maximum Gasteiger partial charge on any atom is 0.408 e. The van der Waals surface area contributed by atoms with E-state index >= 15 is 0 Å². The Morgan fingerprint density at radius 2 is 1.55 bits per heavy atom. The van der Waals surface area contributed by atoms with Gasteiger partial charge >= 0.3 is 6.09 Å². The zero-order chi connectivity index (χ0) is 31.4. The van der Waals surface area contributed by atoms with Crippen molar-refractivity contribution in [1.82, 2.24) is 10.2 Å². The molecule has 0 spiro atoms. The number of hydrogen-bond donors (Lipinski definition) is 3. The van der Waals surface area contributed by atoms with E-state index in [2.05, 4.69) is 17.6 Å². The molecule has 0 aliphatic rings.